The first-order valence-electron chi connectivity index (χ1n) is 9.08. The third-order valence-electron chi connectivity index (χ3n) is 4.86. The van der Waals surface area contributed by atoms with Crippen molar-refractivity contribution in [3.63, 3.8) is 0 Å². The van der Waals surface area contributed by atoms with Crippen LogP contribution in [0, 0.1) is 0 Å². The van der Waals surface area contributed by atoms with E-state index >= 15 is 0 Å². The highest BCUT2D eigenvalue weighted by molar-refractivity contribution is 7.99. The molecule has 1 aromatic rings. The number of thioether (sulfide) groups is 1. The lowest BCUT2D eigenvalue weighted by molar-refractivity contribution is -0.139. The molecular weight excluding hydrogens is 358 g/mol. The SMILES string of the molecule is CCN(CC)C(=O)C1(NC(=O)c2ccc(SC(F)F)cc2)CCCCC1. The molecule has 0 unspecified atom stereocenters. The first kappa shape index (κ1) is 20.7. The van der Waals surface area contributed by atoms with Crippen LogP contribution in [0.4, 0.5) is 8.78 Å². The molecule has 0 aromatic heterocycles. The first-order valence-corrected chi connectivity index (χ1v) is 9.96. The van der Waals surface area contributed by atoms with E-state index in [9.17, 15) is 18.4 Å². The largest absolute Gasteiger partial charge is 0.341 e. The fourth-order valence-electron chi connectivity index (χ4n) is 3.44. The molecule has 1 aliphatic rings. The molecular formula is C19H26F2N2O2S. The van der Waals surface area contributed by atoms with Crippen LogP contribution in [0.5, 0.6) is 0 Å². The summed E-state index contributed by atoms with van der Waals surface area (Å²) in [5, 5.41) is 2.97. The van der Waals surface area contributed by atoms with E-state index in [0.29, 0.717) is 48.2 Å². The number of carbonyl (C=O) groups excluding carboxylic acids is 2. The van der Waals surface area contributed by atoms with E-state index in [1.54, 1.807) is 4.90 Å². The number of likely N-dealkylation sites (N-methyl/N-ethyl adjacent to an activating group) is 1. The molecule has 1 fully saturated rings. The molecule has 4 nitrogen and oxygen atoms in total. The number of hydrogen-bond acceptors (Lipinski definition) is 3. The van der Waals surface area contributed by atoms with Crippen LogP contribution >= 0.6 is 11.8 Å². The molecule has 0 spiro atoms. The second-order valence-electron chi connectivity index (χ2n) is 6.48. The van der Waals surface area contributed by atoms with Crippen molar-refractivity contribution in [1.82, 2.24) is 10.2 Å². The number of hydrogen-bond donors (Lipinski definition) is 1. The lowest BCUT2D eigenvalue weighted by Crippen LogP contribution is -2.60. The molecule has 0 radical (unpaired) electrons. The highest BCUT2D eigenvalue weighted by Gasteiger charge is 2.42. The van der Waals surface area contributed by atoms with Gasteiger partial charge in [0.1, 0.15) is 5.54 Å². The predicted molar refractivity (Wildman–Crippen MR) is 99.5 cm³/mol. The summed E-state index contributed by atoms with van der Waals surface area (Å²) in [5.41, 5.74) is -0.488. The molecule has 0 saturated heterocycles. The molecule has 0 bridgehead atoms. The summed E-state index contributed by atoms with van der Waals surface area (Å²) in [6, 6.07) is 6.06. The van der Waals surface area contributed by atoms with Gasteiger partial charge in [-0.2, -0.15) is 8.78 Å². The molecule has 1 saturated carbocycles. The predicted octanol–water partition coefficient (Wildman–Crippen LogP) is 4.30. The van der Waals surface area contributed by atoms with E-state index in [1.165, 1.54) is 24.3 Å². The summed E-state index contributed by atoms with van der Waals surface area (Å²) >= 11 is 0.443. The summed E-state index contributed by atoms with van der Waals surface area (Å²) in [6.45, 7) is 5.07. The van der Waals surface area contributed by atoms with Gasteiger partial charge in [-0.15, -0.1) is 0 Å². The topological polar surface area (TPSA) is 49.4 Å². The molecule has 26 heavy (non-hydrogen) atoms. The Balaban J connectivity index is 2.17. The minimum atomic E-state index is -2.49. The third-order valence-corrected chi connectivity index (χ3v) is 5.58. The number of rotatable bonds is 7. The van der Waals surface area contributed by atoms with Gasteiger partial charge in [0.25, 0.3) is 11.7 Å². The van der Waals surface area contributed by atoms with E-state index in [-0.39, 0.29) is 11.8 Å². The number of halogens is 2. The highest BCUT2D eigenvalue weighted by Crippen LogP contribution is 2.31. The zero-order valence-electron chi connectivity index (χ0n) is 15.3. The van der Waals surface area contributed by atoms with Gasteiger partial charge in [0.2, 0.25) is 5.91 Å². The van der Waals surface area contributed by atoms with Gasteiger partial charge in [0.15, 0.2) is 0 Å². The second-order valence-corrected chi connectivity index (χ2v) is 7.54. The van der Waals surface area contributed by atoms with E-state index in [1.807, 2.05) is 13.8 Å². The highest BCUT2D eigenvalue weighted by atomic mass is 32.2. The molecule has 7 heteroatoms. The smallest absolute Gasteiger partial charge is 0.288 e. The maximum absolute atomic E-state index is 13.0. The van der Waals surface area contributed by atoms with Crippen molar-refractivity contribution in [2.24, 2.45) is 0 Å². The lowest BCUT2D eigenvalue weighted by atomic mass is 9.80. The molecule has 0 heterocycles. The molecule has 0 atom stereocenters. The van der Waals surface area contributed by atoms with E-state index in [0.717, 1.165) is 19.3 Å². The monoisotopic (exact) mass is 384 g/mol. The standard InChI is InChI=1S/C19H26F2N2O2S/c1-3-23(4-2)17(25)19(12-6-5-7-13-19)22-16(24)14-8-10-15(11-9-14)26-18(20)21/h8-11,18H,3-7,12-13H2,1-2H3,(H,22,24). The van der Waals surface area contributed by atoms with Gasteiger partial charge in [-0.3, -0.25) is 9.59 Å². The van der Waals surface area contributed by atoms with Gasteiger partial charge in [0.05, 0.1) is 0 Å². The Kier molecular flexibility index (Phi) is 7.43. The quantitative estimate of drug-likeness (QED) is 0.713. The van der Waals surface area contributed by atoms with E-state index in [4.69, 9.17) is 0 Å². The normalized spacial score (nSPS) is 16.3. The van der Waals surface area contributed by atoms with Crippen molar-refractivity contribution < 1.29 is 18.4 Å². The van der Waals surface area contributed by atoms with E-state index in [2.05, 4.69) is 5.32 Å². The van der Waals surface area contributed by atoms with Gasteiger partial charge >= 0.3 is 0 Å². The molecule has 1 aliphatic carbocycles. The minimum Gasteiger partial charge on any atom is -0.341 e. The van der Waals surface area contributed by atoms with Gasteiger partial charge in [-0.05, 0) is 51.0 Å². The van der Waals surface area contributed by atoms with Crippen molar-refractivity contribution in [2.45, 2.75) is 62.1 Å². The second kappa shape index (κ2) is 9.35. The average Bonchev–Trinajstić information content (AvgIpc) is 2.63. The Morgan fingerprint density at radius 1 is 1.12 bits per heavy atom. The van der Waals surface area contributed by atoms with Gasteiger partial charge in [-0.25, -0.2) is 0 Å². The Morgan fingerprint density at radius 3 is 2.19 bits per heavy atom. The average molecular weight is 384 g/mol. The molecule has 144 valence electrons. The van der Waals surface area contributed by atoms with Crippen LogP contribution < -0.4 is 5.32 Å². The summed E-state index contributed by atoms with van der Waals surface area (Å²) in [7, 11) is 0. The van der Waals surface area contributed by atoms with Crippen LogP contribution in [0.25, 0.3) is 0 Å². The van der Waals surface area contributed by atoms with Crippen LogP contribution in [0.2, 0.25) is 0 Å². The summed E-state index contributed by atoms with van der Waals surface area (Å²) in [5.74, 6) is -2.85. The van der Waals surface area contributed by atoms with E-state index < -0.39 is 11.3 Å². The summed E-state index contributed by atoms with van der Waals surface area (Å²) in [4.78, 5) is 27.9. The Bertz CT molecular complexity index is 612. The number of alkyl halides is 2. The van der Waals surface area contributed by atoms with Crippen LogP contribution in [-0.2, 0) is 4.79 Å². The first-order chi connectivity index (χ1) is 12.4. The molecule has 0 aliphatic heterocycles. The zero-order valence-corrected chi connectivity index (χ0v) is 16.1. The molecule has 2 rings (SSSR count). The lowest BCUT2D eigenvalue weighted by Gasteiger charge is -2.40. The minimum absolute atomic E-state index is 0.0274. The maximum atomic E-state index is 13.0. The van der Waals surface area contributed by atoms with Crippen LogP contribution in [0.1, 0.15) is 56.3 Å². The third kappa shape index (κ3) is 4.96. The number of amides is 2. The van der Waals surface area contributed by atoms with Crippen molar-refractivity contribution in [3.8, 4) is 0 Å². The van der Waals surface area contributed by atoms with Crippen LogP contribution in [-0.4, -0.2) is 41.1 Å². The Labute approximate surface area is 157 Å². The zero-order chi connectivity index (χ0) is 19.2. The van der Waals surface area contributed by atoms with Gasteiger partial charge in [-0.1, -0.05) is 31.0 Å². The molecule has 1 aromatic carbocycles. The fraction of sp³-hybridized carbons (Fsp3) is 0.579. The van der Waals surface area contributed by atoms with Crippen molar-refractivity contribution in [1.29, 1.82) is 0 Å². The van der Waals surface area contributed by atoms with Crippen molar-refractivity contribution in [3.05, 3.63) is 29.8 Å². The number of nitrogens with zero attached hydrogens (tertiary/aromatic N) is 1. The number of benzene rings is 1. The van der Waals surface area contributed by atoms with Crippen molar-refractivity contribution in [2.75, 3.05) is 13.1 Å². The van der Waals surface area contributed by atoms with Crippen LogP contribution in [0.3, 0.4) is 0 Å². The van der Waals surface area contributed by atoms with Crippen LogP contribution in [0.15, 0.2) is 29.2 Å². The van der Waals surface area contributed by atoms with Crippen molar-refractivity contribution >= 4 is 23.6 Å². The summed E-state index contributed by atoms with van der Waals surface area (Å²) in [6.07, 6.45) is 4.12. The maximum Gasteiger partial charge on any atom is 0.288 e. The van der Waals surface area contributed by atoms with Gasteiger partial charge < -0.3 is 10.2 Å². The van der Waals surface area contributed by atoms with Gasteiger partial charge in [0, 0.05) is 23.5 Å². The number of nitrogens with one attached hydrogen (secondary N) is 1. The Morgan fingerprint density at radius 2 is 1.69 bits per heavy atom. The summed E-state index contributed by atoms with van der Waals surface area (Å²) < 4.78 is 24.8. The fourth-order valence-corrected chi connectivity index (χ4v) is 3.94. The molecule has 2 amide bonds. The Hall–Kier alpha value is -1.63. The molecule has 1 N–H and O–H groups in total. The number of carbonyl (C=O) groups is 2.